The lowest BCUT2D eigenvalue weighted by atomic mass is 10.1. The molecule has 0 aliphatic carbocycles. The van der Waals surface area contributed by atoms with Gasteiger partial charge in [0.1, 0.15) is 0 Å². The minimum Gasteiger partial charge on any atom is -0.465 e. The number of carbonyl (C=O) groups excluding carboxylic acids is 1. The second-order valence-electron chi connectivity index (χ2n) is 4.99. The molecule has 0 aromatic heterocycles. The van der Waals surface area contributed by atoms with E-state index in [1.807, 2.05) is 25.1 Å². The van der Waals surface area contributed by atoms with Gasteiger partial charge in [-0.05, 0) is 38.5 Å². The fourth-order valence-corrected chi connectivity index (χ4v) is 2.07. The minimum absolute atomic E-state index is 0.193. The van der Waals surface area contributed by atoms with Crippen LogP contribution in [0.15, 0.2) is 18.2 Å². The molecule has 0 N–H and O–H groups in total. The Morgan fingerprint density at radius 2 is 2.10 bits per heavy atom. The van der Waals surface area contributed by atoms with Crippen LogP contribution >= 0.6 is 0 Å². The van der Waals surface area contributed by atoms with Crippen molar-refractivity contribution < 1.29 is 19.0 Å². The number of benzene rings is 1. The molecule has 2 rings (SSSR count). The molecule has 1 aromatic carbocycles. The monoisotopic (exact) mass is 279 g/mol. The zero-order valence-electron chi connectivity index (χ0n) is 12.2. The molecule has 0 fully saturated rings. The van der Waals surface area contributed by atoms with Crippen molar-refractivity contribution in [2.24, 2.45) is 0 Å². The summed E-state index contributed by atoms with van der Waals surface area (Å²) in [6.45, 7) is 7.59. The first kappa shape index (κ1) is 14.7. The predicted octanol–water partition coefficient (Wildman–Crippen LogP) is 2.19. The van der Waals surface area contributed by atoms with Gasteiger partial charge in [-0.2, -0.15) is 0 Å². The summed E-state index contributed by atoms with van der Waals surface area (Å²) in [5, 5.41) is 0. The van der Waals surface area contributed by atoms with Gasteiger partial charge in [0.05, 0.1) is 13.2 Å². The third-order valence-corrected chi connectivity index (χ3v) is 3.19. The van der Waals surface area contributed by atoms with Gasteiger partial charge in [0.15, 0.2) is 11.5 Å². The normalized spacial score (nSPS) is 13.1. The average Bonchev–Trinajstić information content (AvgIpc) is 2.85. The largest absolute Gasteiger partial charge is 0.465 e. The van der Waals surface area contributed by atoms with E-state index in [9.17, 15) is 4.79 Å². The Kier molecular flexibility index (Phi) is 4.84. The molecule has 0 unspecified atom stereocenters. The van der Waals surface area contributed by atoms with Gasteiger partial charge in [0, 0.05) is 12.6 Å². The summed E-state index contributed by atoms with van der Waals surface area (Å²) in [7, 11) is 0. The Hall–Kier alpha value is -1.75. The Balaban J connectivity index is 2.02. The summed E-state index contributed by atoms with van der Waals surface area (Å²) >= 11 is 0. The van der Waals surface area contributed by atoms with Crippen LogP contribution in [0.5, 0.6) is 11.5 Å². The van der Waals surface area contributed by atoms with Gasteiger partial charge < -0.3 is 14.2 Å². The number of esters is 1. The highest BCUT2D eigenvalue weighted by Gasteiger charge is 2.18. The van der Waals surface area contributed by atoms with Gasteiger partial charge in [0.2, 0.25) is 6.79 Å². The molecule has 0 saturated carbocycles. The van der Waals surface area contributed by atoms with Crippen molar-refractivity contribution in [1.29, 1.82) is 0 Å². The molecule has 0 bridgehead atoms. The third kappa shape index (κ3) is 3.63. The molecule has 0 spiro atoms. The van der Waals surface area contributed by atoms with E-state index < -0.39 is 0 Å². The zero-order valence-corrected chi connectivity index (χ0v) is 12.2. The summed E-state index contributed by atoms with van der Waals surface area (Å²) in [5.74, 6) is 1.35. The van der Waals surface area contributed by atoms with Crippen LogP contribution in [0.3, 0.4) is 0 Å². The van der Waals surface area contributed by atoms with Crippen LogP contribution in [-0.4, -0.2) is 36.9 Å². The van der Waals surface area contributed by atoms with Crippen LogP contribution in [0.25, 0.3) is 0 Å². The highest BCUT2D eigenvalue weighted by molar-refractivity contribution is 5.71. The van der Waals surface area contributed by atoms with Crippen molar-refractivity contribution in [2.45, 2.75) is 33.4 Å². The lowest BCUT2D eigenvalue weighted by Crippen LogP contribution is -2.36. The van der Waals surface area contributed by atoms with E-state index in [0.29, 0.717) is 19.7 Å². The van der Waals surface area contributed by atoms with E-state index in [-0.39, 0.29) is 18.8 Å². The lowest BCUT2D eigenvalue weighted by Gasteiger charge is -2.25. The Morgan fingerprint density at radius 1 is 1.35 bits per heavy atom. The molecular formula is C15H21NO4. The SMILES string of the molecule is CCOC(=O)CN(Cc1ccc2c(c1)OCO2)C(C)C. The van der Waals surface area contributed by atoms with Crippen LogP contribution < -0.4 is 9.47 Å². The van der Waals surface area contributed by atoms with E-state index in [1.165, 1.54) is 0 Å². The minimum atomic E-state index is -0.193. The second kappa shape index (κ2) is 6.61. The predicted molar refractivity (Wildman–Crippen MR) is 74.7 cm³/mol. The number of hydrogen-bond acceptors (Lipinski definition) is 5. The van der Waals surface area contributed by atoms with Crippen molar-refractivity contribution in [2.75, 3.05) is 19.9 Å². The maximum absolute atomic E-state index is 11.6. The maximum atomic E-state index is 11.6. The summed E-state index contributed by atoms with van der Waals surface area (Å²) in [4.78, 5) is 13.7. The second-order valence-corrected chi connectivity index (χ2v) is 4.99. The van der Waals surface area contributed by atoms with Crippen LogP contribution in [0.1, 0.15) is 26.3 Å². The Bertz CT molecular complexity index is 473. The van der Waals surface area contributed by atoms with E-state index in [4.69, 9.17) is 14.2 Å². The van der Waals surface area contributed by atoms with Gasteiger partial charge in [-0.15, -0.1) is 0 Å². The molecule has 1 heterocycles. The number of carbonyl (C=O) groups is 1. The number of nitrogens with zero attached hydrogens (tertiary/aromatic N) is 1. The third-order valence-electron chi connectivity index (χ3n) is 3.19. The van der Waals surface area contributed by atoms with Crippen molar-refractivity contribution in [3.63, 3.8) is 0 Å². The molecule has 1 aromatic rings. The van der Waals surface area contributed by atoms with Gasteiger partial charge in [-0.1, -0.05) is 6.07 Å². The standard InChI is InChI=1S/C15H21NO4/c1-4-18-15(17)9-16(11(2)3)8-12-5-6-13-14(7-12)20-10-19-13/h5-7,11H,4,8-10H2,1-3H3. The average molecular weight is 279 g/mol. The van der Waals surface area contributed by atoms with E-state index >= 15 is 0 Å². The summed E-state index contributed by atoms with van der Waals surface area (Å²) in [5.41, 5.74) is 1.09. The number of ether oxygens (including phenoxy) is 3. The Morgan fingerprint density at radius 3 is 2.80 bits per heavy atom. The molecular weight excluding hydrogens is 258 g/mol. The van der Waals surface area contributed by atoms with Crippen molar-refractivity contribution in [3.05, 3.63) is 23.8 Å². The van der Waals surface area contributed by atoms with Crippen molar-refractivity contribution in [3.8, 4) is 11.5 Å². The molecule has 0 saturated heterocycles. The first-order valence-electron chi connectivity index (χ1n) is 6.88. The van der Waals surface area contributed by atoms with Gasteiger partial charge in [-0.25, -0.2) is 0 Å². The highest BCUT2D eigenvalue weighted by Crippen LogP contribution is 2.32. The number of fused-ring (bicyclic) bond motifs is 1. The molecule has 110 valence electrons. The Labute approximate surface area is 119 Å². The molecule has 1 aliphatic rings. The fourth-order valence-electron chi connectivity index (χ4n) is 2.07. The maximum Gasteiger partial charge on any atom is 0.320 e. The molecule has 1 aliphatic heterocycles. The molecule has 5 nitrogen and oxygen atoms in total. The zero-order chi connectivity index (χ0) is 14.5. The van der Waals surface area contributed by atoms with Gasteiger partial charge in [0.25, 0.3) is 0 Å². The van der Waals surface area contributed by atoms with Gasteiger partial charge >= 0.3 is 5.97 Å². The van der Waals surface area contributed by atoms with E-state index in [0.717, 1.165) is 17.1 Å². The smallest absolute Gasteiger partial charge is 0.320 e. The first-order chi connectivity index (χ1) is 9.60. The summed E-state index contributed by atoms with van der Waals surface area (Å²) in [6, 6.07) is 6.11. The van der Waals surface area contributed by atoms with Crippen molar-refractivity contribution >= 4 is 5.97 Å². The molecule has 0 radical (unpaired) electrons. The first-order valence-corrected chi connectivity index (χ1v) is 6.88. The van der Waals surface area contributed by atoms with E-state index in [1.54, 1.807) is 0 Å². The van der Waals surface area contributed by atoms with Crippen LogP contribution in [0.2, 0.25) is 0 Å². The number of hydrogen-bond donors (Lipinski definition) is 0. The fraction of sp³-hybridized carbons (Fsp3) is 0.533. The van der Waals surface area contributed by atoms with E-state index in [2.05, 4.69) is 18.7 Å². The number of rotatable bonds is 6. The topological polar surface area (TPSA) is 48.0 Å². The molecule has 5 heteroatoms. The summed E-state index contributed by atoms with van der Waals surface area (Å²) in [6.07, 6.45) is 0. The van der Waals surface area contributed by atoms with Crippen molar-refractivity contribution in [1.82, 2.24) is 4.90 Å². The quantitative estimate of drug-likeness (QED) is 0.747. The summed E-state index contributed by atoms with van der Waals surface area (Å²) < 4.78 is 15.7. The lowest BCUT2D eigenvalue weighted by molar-refractivity contribution is -0.145. The highest BCUT2D eigenvalue weighted by atomic mass is 16.7. The molecule has 0 amide bonds. The van der Waals surface area contributed by atoms with Crippen LogP contribution in [-0.2, 0) is 16.1 Å². The van der Waals surface area contributed by atoms with Gasteiger partial charge in [-0.3, -0.25) is 9.69 Å². The van der Waals surface area contributed by atoms with Crippen LogP contribution in [0, 0.1) is 0 Å². The molecule has 20 heavy (non-hydrogen) atoms. The van der Waals surface area contributed by atoms with Crippen LogP contribution in [0.4, 0.5) is 0 Å². The molecule has 0 atom stereocenters.